The molecule has 1 aromatic rings. The number of esters is 1. The number of ether oxygens (including phenoxy) is 1. The molecule has 1 aliphatic heterocycles. The van der Waals surface area contributed by atoms with Gasteiger partial charge in [0.05, 0.1) is 21.6 Å². The molecule has 8 heteroatoms. The molecule has 0 spiro atoms. The van der Waals surface area contributed by atoms with Crippen molar-refractivity contribution in [3.63, 3.8) is 0 Å². The molecule has 1 fully saturated rings. The first-order valence-corrected chi connectivity index (χ1v) is 7.86. The van der Waals surface area contributed by atoms with Gasteiger partial charge in [-0.3, -0.25) is 19.3 Å². The van der Waals surface area contributed by atoms with Crippen LogP contribution >= 0.6 is 35.0 Å². The van der Waals surface area contributed by atoms with E-state index in [1.165, 1.54) is 6.08 Å². The zero-order chi connectivity index (χ0) is 16.3. The third-order valence-electron chi connectivity index (χ3n) is 2.73. The van der Waals surface area contributed by atoms with Gasteiger partial charge >= 0.3 is 5.97 Å². The minimum absolute atomic E-state index is 0.179. The summed E-state index contributed by atoms with van der Waals surface area (Å²) in [5.41, 5.74) is 0.524. The number of carbonyl (C=O) groups is 3. The number of thioether (sulfide) groups is 1. The van der Waals surface area contributed by atoms with E-state index in [1.54, 1.807) is 25.1 Å². The molecular formula is C14H11Cl2NO4S. The van der Waals surface area contributed by atoms with E-state index < -0.39 is 23.7 Å². The summed E-state index contributed by atoms with van der Waals surface area (Å²) in [4.78, 5) is 36.5. The average molecular weight is 360 g/mol. The molecular weight excluding hydrogens is 349 g/mol. The molecule has 0 radical (unpaired) electrons. The summed E-state index contributed by atoms with van der Waals surface area (Å²) in [6.45, 7) is 1.43. The number of hydrogen-bond donors (Lipinski definition) is 0. The van der Waals surface area contributed by atoms with E-state index in [0.717, 1.165) is 16.7 Å². The summed E-state index contributed by atoms with van der Waals surface area (Å²) in [5.74, 6) is -1.19. The van der Waals surface area contributed by atoms with Crippen LogP contribution in [-0.2, 0) is 14.3 Å². The number of hydrogen-bond acceptors (Lipinski definition) is 5. The Morgan fingerprint density at radius 1 is 1.36 bits per heavy atom. The van der Waals surface area contributed by atoms with Crippen LogP contribution < -0.4 is 0 Å². The highest BCUT2D eigenvalue weighted by molar-refractivity contribution is 8.18. The normalized spacial score (nSPS) is 16.5. The monoisotopic (exact) mass is 359 g/mol. The summed E-state index contributed by atoms with van der Waals surface area (Å²) in [7, 11) is 0. The van der Waals surface area contributed by atoms with Gasteiger partial charge in [-0.15, -0.1) is 0 Å². The standard InChI is InChI=1S/C14H11Cl2NO4S/c1-2-21-11(18)7-17-13(19)10(22-14(17)20)6-8-4-3-5-9(15)12(8)16/h3-6H,2,7H2,1H3/b10-6+. The molecule has 0 saturated carbocycles. The topological polar surface area (TPSA) is 63.7 Å². The summed E-state index contributed by atoms with van der Waals surface area (Å²) in [6.07, 6.45) is 1.48. The summed E-state index contributed by atoms with van der Waals surface area (Å²) >= 11 is 12.7. The van der Waals surface area contributed by atoms with Crippen molar-refractivity contribution in [2.24, 2.45) is 0 Å². The Bertz CT molecular complexity index is 675. The van der Waals surface area contributed by atoms with Crippen LogP contribution in [0.1, 0.15) is 12.5 Å². The zero-order valence-corrected chi connectivity index (χ0v) is 13.8. The number of nitrogens with zero attached hydrogens (tertiary/aromatic N) is 1. The van der Waals surface area contributed by atoms with E-state index in [2.05, 4.69) is 0 Å². The van der Waals surface area contributed by atoms with E-state index >= 15 is 0 Å². The highest BCUT2D eigenvalue weighted by atomic mass is 35.5. The largest absolute Gasteiger partial charge is 0.465 e. The molecule has 5 nitrogen and oxygen atoms in total. The second-order valence-electron chi connectivity index (χ2n) is 4.22. The zero-order valence-electron chi connectivity index (χ0n) is 11.5. The van der Waals surface area contributed by atoms with Crippen LogP contribution in [0.4, 0.5) is 4.79 Å². The van der Waals surface area contributed by atoms with E-state index in [0.29, 0.717) is 15.6 Å². The minimum Gasteiger partial charge on any atom is -0.465 e. The predicted octanol–water partition coefficient (Wildman–Crippen LogP) is 3.59. The van der Waals surface area contributed by atoms with Crippen LogP contribution in [0, 0.1) is 0 Å². The average Bonchev–Trinajstić information content (AvgIpc) is 2.72. The van der Waals surface area contributed by atoms with Gasteiger partial charge in [-0.1, -0.05) is 35.3 Å². The summed E-state index contributed by atoms with van der Waals surface area (Å²) in [5, 5.41) is 0.116. The molecule has 0 N–H and O–H groups in total. The number of carbonyl (C=O) groups excluding carboxylic acids is 3. The van der Waals surface area contributed by atoms with Gasteiger partial charge in [0.15, 0.2) is 0 Å². The number of benzene rings is 1. The number of amides is 2. The lowest BCUT2D eigenvalue weighted by molar-refractivity contribution is -0.145. The van der Waals surface area contributed by atoms with Crippen molar-refractivity contribution in [3.8, 4) is 0 Å². The molecule has 0 aliphatic carbocycles. The number of rotatable bonds is 4. The third-order valence-corrected chi connectivity index (χ3v) is 4.48. The van der Waals surface area contributed by atoms with Gasteiger partial charge in [0.2, 0.25) is 0 Å². The van der Waals surface area contributed by atoms with Crippen LogP contribution in [0.15, 0.2) is 23.1 Å². The van der Waals surface area contributed by atoms with E-state index in [1.807, 2.05) is 0 Å². The fourth-order valence-corrected chi connectivity index (χ4v) is 2.94. The highest BCUT2D eigenvalue weighted by Crippen LogP contribution is 2.34. The molecule has 1 aromatic carbocycles. The van der Waals surface area contributed by atoms with Crippen LogP contribution in [0.3, 0.4) is 0 Å². The molecule has 0 atom stereocenters. The Morgan fingerprint density at radius 3 is 2.77 bits per heavy atom. The quantitative estimate of drug-likeness (QED) is 0.607. The first-order chi connectivity index (χ1) is 10.4. The van der Waals surface area contributed by atoms with Crippen LogP contribution in [0.2, 0.25) is 10.0 Å². The third kappa shape index (κ3) is 3.63. The first-order valence-electron chi connectivity index (χ1n) is 6.29. The highest BCUT2D eigenvalue weighted by Gasteiger charge is 2.36. The minimum atomic E-state index is -0.633. The lowest BCUT2D eigenvalue weighted by Gasteiger charge is -2.10. The number of imide groups is 1. The first kappa shape index (κ1) is 16.9. The van der Waals surface area contributed by atoms with Crippen LogP contribution in [0.25, 0.3) is 6.08 Å². The van der Waals surface area contributed by atoms with Gasteiger partial charge < -0.3 is 4.74 Å². The van der Waals surface area contributed by atoms with Crippen molar-refractivity contribution in [2.75, 3.05) is 13.2 Å². The molecule has 2 rings (SSSR count). The van der Waals surface area contributed by atoms with Crippen molar-refractivity contribution >= 4 is 58.2 Å². The molecule has 1 aliphatic rings. The molecule has 22 heavy (non-hydrogen) atoms. The van der Waals surface area contributed by atoms with Gasteiger partial charge in [0, 0.05) is 0 Å². The van der Waals surface area contributed by atoms with Gasteiger partial charge in [-0.25, -0.2) is 0 Å². The Hall–Kier alpha value is -1.50. The fourth-order valence-electron chi connectivity index (χ4n) is 1.75. The van der Waals surface area contributed by atoms with Crippen LogP contribution in [0.5, 0.6) is 0 Å². The lowest BCUT2D eigenvalue weighted by atomic mass is 10.2. The SMILES string of the molecule is CCOC(=O)CN1C(=O)S/C(=C/c2cccc(Cl)c2Cl)C1=O. The summed E-state index contributed by atoms with van der Waals surface area (Å²) < 4.78 is 4.74. The maximum Gasteiger partial charge on any atom is 0.326 e. The maximum absolute atomic E-state index is 12.2. The summed E-state index contributed by atoms with van der Waals surface area (Å²) in [6, 6.07) is 4.98. The van der Waals surface area contributed by atoms with Gasteiger partial charge in [-0.05, 0) is 36.4 Å². The smallest absolute Gasteiger partial charge is 0.326 e. The molecule has 0 aromatic heterocycles. The van der Waals surface area contributed by atoms with Crippen molar-refractivity contribution in [3.05, 3.63) is 38.7 Å². The second-order valence-corrected chi connectivity index (χ2v) is 5.99. The molecule has 0 unspecified atom stereocenters. The van der Waals surface area contributed by atoms with E-state index in [9.17, 15) is 14.4 Å². The van der Waals surface area contributed by atoms with E-state index in [-0.39, 0.29) is 11.5 Å². The van der Waals surface area contributed by atoms with Gasteiger partial charge in [-0.2, -0.15) is 0 Å². The van der Waals surface area contributed by atoms with Crippen molar-refractivity contribution in [1.82, 2.24) is 4.90 Å². The van der Waals surface area contributed by atoms with E-state index in [4.69, 9.17) is 27.9 Å². The Kier molecular flexibility index (Phi) is 5.50. The molecule has 0 bridgehead atoms. The van der Waals surface area contributed by atoms with Crippen molar-refractivity contribution < 1.29 is 19.1 Å². The van der Waals surface area contributed by atoms with Crippen molar-refractivity contribution in [2.45, 2.75) is 6.92 Å². The molecule has 1 heterocycles. The number of halogens is 2. The Balaban J connectivity index is 2.22. The lowest BCUT2D eigenvalue weighted by Crippen LogP contribution is -2.34. The Morgan fingerprint density at radius 2 is 2.09 bits per heavy atom. The fraction of sp³-hybridized carbons (Fsp3) is 0.214. The van der Waals surface area contributed by atoms with Gasteiger partial charge in [0.25, 0.3) is 11.1 Å². The molecule has 2 amide bonds. The molecule has 1 saturated heterocycles. The van der Waals surface area contributed by atoms with Gasteiger partial charge in [0.1, 0.15) is 6.54 Å². The van der Waals surface area contributed by atoms with Crippen LogP contribution in [-0.4, -0.2) is 35.2 Å². The maximum atomic E-state index is 12.2. The Labute approximate surface area is 141 Å². The second kappa shape index (κ2) is 7.17. The van der Waals surface area contributed by atoms with Crippen molar-refractivity contribution in [1.29, 1.82) is 0 Å². The molecule has 116 valence electrons. The predicted molar refractivity (Wildman–Crippen MR) is 85.8 cm³/mol.